The Kier molecular flexibility index (Phi) is 6.53. The third-order valence-electron chi connectivity index (χ3n) is 3.94. The van der Waals surface area contributed by atoms with Crippen LogP contribution in [0.5, 0.6) is 11.5 Å². The molecule has 0 bridgehead atoms. The van der Waals surface area contributed by atoms with E-state index in [-0.39, 0.29) is 36.1 Å². The van der Waals surface area contributed by atoms with Crippen LogP contribution in [0.15, 0.2) is 59.5 Å². The lowest BCUT2D eigenvalue weighted by Gasteiger charge is -2.22. The van der Waals surface area contributed by atoms with Crippen LogP contribution in [0.25, 0.3) is 0 Å². The minimum Gasteiger partial charge on any atom is -0.506 e. The van der Waals surface area contributed by atoms with Gasteiger partial charge in [-0.25, -0.2) is 0 Å². The molecule has 0 amide bonds. The SMILES string of the molecule is O=S(=O)(OC(c1cc(Cl)cc(Cl)c1O)c1cc(Cl)cc(Cl)c1O)c1ccccc1. The Bertz CT molecular complexity index is 1110. The van der Waals surface area contributed by atoms with E-state index in [1.807, 2.05) is 0 Å². The van der Waals surface area contributed by atoms with Crippen LogP contribution in [-0.2, 0) is 14.3 Å². The molecule has 2 N–H and O–H groups in total. The summed E-state index contributed by atoms with van der Waals surface area (Å²) < 4.78 is 31.1. The molecular formula is C19H12Cl4O5S. The Morgan fingerprint density at radius 2 is 1.21 bits per heavy atom. The van der Waals surface area contributed by atoms with Gasteiger partial charge in [0, 0.05) is 21.2 Å². The summed E-state index contributed by atoms with van der Waals surface area (Å²) in [5.41, 5.74) is -0.203. The predicted molar refractivity (Wildman–Crippen MR) is 113 cm³/mol. The summed E-state index contributed by atoms with van der Waals surface area (Å²) in [6, 6.07) is 12.4. The quantitative estimate of drug-likeness (QED) is 0.413. The topological polar surface area (TPSA) is 83.8 Å². The van der Waals surface area contributed by atoms with Gasteiger partial charge >= 0.3 is 0 Å². The first-order valence-electron chi connectivity index (χ1n) is 7.94. The highest BCUT2D eigenvalue weighted by molar-refractivity contribution is 7.86. The number of hydrogen-bond donors (Lipinski definition) is 2. The van der Waals surface area contributed by atoms with Gasteiger partial charge in [-0.2, -0.15) is 8.42 Å². The number of halogens is 4. The monoisotopic (exact) mass is 492 g/mol. The van der Waals surface area contributed by atoms with Crippen molar-refractivity contribution in [2.75, 3.05) is 0 Å². The van der Waals surface area contributed by atoms with Gasteiger partial charge in [0.05, 0.1) is 14.9 Å². The molecule has 0 spiro atoms. The van der Waals surface area contributed by atoms with Crippen molar-refractivity contribution >= 4 is 56.5 Å². The van der Waals surface area contributed by atoms with E-state index in [4.69, 9.17) is 50.6 Å². The second kappa shape index (κ2) is 8.60. The van der Waals surface area contributed by atoms with Gasteiger partial charge in [-0.05, 0) is 36.4 Å². The van der Waals surface area contributed by atoms with E-state index in [1.165, 1.54) is 48.5 Å². The molecule has 0 aliphatic rings. The van der Waals surface area contributed by atoms with Crippen LogP contribution in [0.1, 0.15) is 17.2 Å². The average molecular weight is 494 g/mol. The van der Waals surface area contributed by atoms with E-state index in [9.17, 15) is 18.6 Å². The molecule has 3 rings (SSSR count). The van der Waals surface area contributed by atoms with E-state index in [2.05, 4.69) is 0 Å². The maximum Gasteiger partial charge on any atom is 0.297 e. The van der Waals surface area contributed by atoms with Crippen LogP contribution >= 0.6 is 46.4 Å². The van der Waals surface area contributed by atoms with Gasteiger partial charge in [0.25, 0.3) is 10.1 Å². The fraction of sp³-hybridized carbons (Fsp3) is 0.0526. The third-order valence-corrected chi connectivity index (χ3v) is 6.24. The van der Waals surface area contributed by atoms with E-state index >= 15 is 0 Å². The molecule has 3 aromatic rings. The van der Waals surface area contributed by atoms with Crippen molar-refractivity contribution in [2.45, 2.75) is 11.0 Å². The Balaban J connectivity index is 2.24. The number of phenols is 2. The number of benzene rings is 3. The zero-order chi connectivity index (χ0) is 21.3. The highest BCUT2D eigenvalue weighted by Gasteiger charge is 2.31. The van der Waals surface area contributed by atoms with E-state index in [1.54, 1.807) is 6.07 Å². The zero-order valence-electron chi connectivity index (χ0n) is 14.3. The zero-order valence-corrected chi connectivity index (χ0v) is 18.2. The minimum absolute atomic E-state index is 0.101. The van der Waals surface area contributed by atoms with Crippen LogP contribution in [-0.4, -0.2) is 18.6 Å². The molecule has 0 saturated carbocycles. The van der Waals surface area contributed by atoms with Crippen LogP contribution in [0.3, 0.4) is 0 Å². The first kappa shape index (κ1) is 22.0. The summed E-state index contributed by atoms with van der Waals surface area (Å²) in [4.78, 5) is -0.134. The summed E-state index contributed by atoms with van der Waals surface area (Å²) in [6.07, 6.45) is -1.55. The van der Waals surface area contributed by atoms with Crippen molar-refractivity contribution in [3.05, 3.63) is 85.8 Å². The van der Waals surface area contributed by atoms with Gasteiger partial charge in [-0.3, -0.25) is 4.18 Å². The lowest BCUT2D eigenvalue weighted by atomic mass is 9.99. The molecule has 0 aliphatic heterocycles. The van der Waals surface area contributed by atoms with Crippen molar-refractivity contribution in [1.82, 2.24) is 0 Å². The molecule has 0 aliphatic carbocycles. The normalized spacial score (nSPS) is 11.8. The molecule has 0 unspecified atom stereocenters. The average Bonchev–Trinajstić information content (AvgIpc) is 2.66. The van der Waals surface area contributed by atoms with Crippen molar-refractivity contribution in [2.24, 2.45) is 0 Å². The molecule has 29 heavy (non-hydrogen) atoms. The molecule has 0 atom stereocenters. The number of phenolic OH excluding ortho intramolecular Hbond substituents is 2. The third kappa shape index (κ3) is 4.74. The standard InChI is InChI=1S/C19H12Cl4O5S/c20-10-6-13(17(24)15(22)8-10)19(14-7-11(21)9-16(23)18(14)25)28-29(26,27)12-4-2-1-3-5-12/h1-9,19,24-25H. The lowest BCUT2D eigenvalue weighted by molar-refractivity contribution is 0.243. The fourth-order valence-electron chi connectivity index (χ4n) is 2.61. The van der Waals surface area contributed by atoms with E-state index < -0.39 is 27.7 Å². The van der Waals surface area contributed by atoms with Crippen molar-refractivity contribution in [1.29, 1.82) is 0 Å². The van der Waals surface area contributed by atoms with Gasteiger partial charge in [-0.15, -0.1) is 0 Å². The van der Waals surface area contributed by atoms with Gasteiger partial charge in [0.2, 0.25) is 0 Å². The Hall–Kier alpha value is -1.67. The summed E-state index contributed by atoms with van der Waals surface area (Å²) in [5.74, 6) is -0.945. The first-order chi connectivity index (χ1) is 13.6. The number of rotatable bonds is 5. The first-order valence-corrected chi connectivity index (χ1v) is 10.9. The van der Waals surface area contributed by atoms with Crippen LogP contribution in [0.2, 0.25) is 20.1 Å². The molecule has 0 aromatic heterocycles. The molecule has 0 saturated heterocycles. The largest absolute Gasteiger partial charge is 0.506 e. The molecular weight excluding hydrogens is 482 g/mol. The lowest BCUT2D eigenvalue weighted by Crippen LogP contribution is -2.14. The van der Waals surface area contributed by atoms with Crippen molar-refractivity contribution < 1.29 is 22.8 Å². The minimum atomic E-state index is -4.34. The number of hydrogen-bond acceptors (Lipinski definition) is 5. The summed E-state index contributed by atoms with van der Waals surface area (Å²) >= 11 is 24.0. The summed E-state index contributed by atoms with van der Waals surface area (Å²) in [7, 11) is -4.34. The predicted octanol–water partition coefficient (Wildman–Crippen LogP) is 6.21. The van der Waals surface area contributed by atoms with Gasteiger partial charge in [-0.1, -0.05) is 64.6 Å². The van der Waals surface area contributed by atoms with Crippen molar-refractivity contribution in [3.63, 3.8) is 0 Å². The van der Waals surface area contributed by atoms with Gasteiger partial charge in [0.15, 0.2) is 0 Å². The maximum absolute atomic E-state index is 12.8. The maximum atomic E-state index is 12.8. The van der Waals surface area contributed by atoms with Crippen molar-refractivity contribution in [3.8, 4) is 11.5 Å². The van der Waals surface area contributed by atoms with Gasteiger partial charge < -0.3 is 10.2 Å². The molecule has 10 heteroatoms. The molecule has 3 aromatic carbocycles. The second-order valence-corrected chi connectivity index (χ2v) is 9.15. The highest BCUT2D eigenvalue weighted by atomic mass is 35.5. The van der Waals surface area contributed by atoms with E-state index in [0.717, 1.165) is 0 Å². The molecule has 0 heterocycles. The number of aromatic hydroxyl groups is 2. The Labute approximate surface area is 187 Å². The molecule has 0 fully saturated rings. The smallest absolute Gasteiger partial charge is 0.297 e. The summed E-state index contributed by atoms with van der Waals surface area (Å²) in [5, 5.41) is 20.8. The van der Waals surface area contributed by atoms with E-state index in [0.29, 0.717) is 0 Å². The highest BCUT2D eigenvalue weighted by Crippen LogP contribution is 2.45. The molecule has 5 nitrogen and oxygen atoms in total. The Morgan fingerprint density at radius 3 is 1.66 bits per heavy atom. The van der Waals surface area contributed by atoms with Crippen LogP contribution in [0.4, 0.5) is 0 Å². The summed E-state index contributed by atoms with van der Waals surface area (Å²) in [6.45, 7) is 0. The van der Waals surface area contributed by atoms with Crippen LogP contribution < -0.4 is 0 Å². The fourth-order valence-corrected chi connectivity index (χ4v) is 4.69. The van der Waals surface area contributed by atoms with Crippen LogP contribution in [0, 0.1) is 0 Å². The molecule has 0 radical (unpaired) electrons. The second-order valence-electron chi connectivity index (χ2n) is 5.89. The molecule has 152 valence electrons. The van der Waals surface area contributed by atoms with Gasteiger partial charge in [0.1, 0.15) is 17.6 Å². The Morgan fingerprint density at radius 1 is 0.759 bits per heavy atom.